The van der Waals surface area contributed by atoms with Crippen molar-refractivity contribution in [3.05, 3.63) is 0 Å². The van der Waals surface area contributed by atoms with Crippen molar-refractivity contribution in [2.24, 2.45) is 5.92 Å². The Kier molecular flexibility index (Phi) is 4.62. The molecule has 1 rings (SSSR count). The Morgan fingerprint density at radius 3 is 2.67 bits per heavy atom. The molecular weight excluding hydrogens is 150 g/mol. The Morgan fingerprint density at radius 1 is 1.50 bits per heavy atom. The standard InChI is InChI=1S/C10H21NO/c1-3-12-8-10(11-2)7-9-5-4-6-9/h9-11H,3-8H2,1-2H3. The van der Waals surface area contributed by atoms with Crippen LogP contribution >= 0.6 is 0 Å². The zero-order valence-corrected chi connectivity index (χ0v) is 8.31. The van der Waals surface area contributed by atoms with Crippen molar-refractivity contribution in [1.29, 1.82) is 0 Å². The Hall–Kier alpha value is -0.0800. The maximum Gasteiger partial charge on any atom is 0.0619 e. The Bertz CT molecular complexity index is 112. The zero-order valence-electron chi connectivity index (χ0n) is 8.31. The summed E-state index contributed by atoms with van der Waals surface area (Å²) >= 11 is 0. The maximum absolute atomic E-state index is 5.39. The van der Waals surface area contributed by atoms with Crippen LogP contribution in [0.15, 0.2) is 0 Å². The van der Waals surface area contributed by atoms with Crippen LogP contribution in [0.4, 0.5) is 0 Å². The van der Waals surface area contributed by atoms with Crippen LogP contribution in [0.5, 0.6) is 0 Å². The summed E-state index contributed by atoms with van der Waals surface area (Å²) in [5.41, 5.74) is 0. The van der Waals surface area contributed by atoms with E-state index in [1.54, 1.807) is 0 Å². The van der Waals surface area contributed by atoms with E-state index in [-0.39, 0.29) is 0 Å². The molecule has 0 aromatic rings. The lowest BCUT2D eigenvalue weighted by Crippen LogP contribution is -2.34. The monoisotopic (exact) mass is 171 g/mol. The van der Waals surface area contributed by atoms with Gasteiger partial charge < -0.3 is 10.1 Å². The molecule has 1 saturated carbocycles. The number of hydrogen-bond donors (Lipinski definition) is 1. The highest BCUT2D eigenvalue weighted by molar-refractivity contribution is 4.76. The van der Waals surface area contributed by atoms with E-state index in [1.807, 2.05) is 7.05 Å². The molecule has 1 aliphatic carbocycles. The molecule has 0 aromatic carbocycles. The highest BCUT2D eigenvalue weighted by Gasteiger charge is 2.20. The molecule has 72 valence electrons. The van der Waals surface area contributed by atoms with E-state index in [1.165, 1.54) is 25.7 Å². The van der Waals surface area contributed by atoms with Crippen LogP contribution < -0.4 is 5.32 Å². The van der Waals surface area contributed by atoms with Crippen molar-refractivity contribution in [1.82, 2.24) is 5.32 Å². The summed E-state index contributed by atoms with van der Waals surface area (Å²) in [6.07, 6.45) is 5.61. The molecule has 1 fully saturated rings. The highest BCUT2D eigenvalue weighted by atomic mass is 16.5. The van der Waals surface area contributed by atoms with Gasteiger partial charge in [0, 0.05) is 12.6 Å². The van der Waals surface area contributed by atoms with Crippen molar-refractivity contribution < 1.29 is 4.74 Å². The molecule has 0 spiro atoms. The molecule has 0 aliphatic heterocycles. The largest absolute Gasteiger partial charge is 0.380 e. The molecule has 0 saturated heterocycles. The van der Waals surface area contributed by atoms with Gasteiger partial charge in [-0.05, 0) is 26.3 Å². The smallest absolute Gasteiger partial charge is 0.0619 e. The second-order valence-corrected chi connectivity index (χ2v) is 3.68. The van der Waals surface area contributed by atoms with Crippen LogP contribution in [0, 0.1) is 5.92 Å². The zero-order chi connectivity index (χ0) is 8.81. The normalized spacial score (nSPS) is 20.5. The van der Waals surface area contributed by atoms with Gasteiger partial charge in [0.2, 0.25) is 0 Å². The van der Waals surface area contributed by atoms with Gasteiger partial charge in [0.05, 0.1) is 6.61 Å². The van der Waals surface area contributed by atoms with E-state index in [2.05, 4.69) is 12.2 Å². The van der Waals surface area contributed by atoms with Gasteiger partial charge in [0.15, 0.2) is 0 Å². The highest BCUT2D eigenvalue weighted by Crippen LogP contribution is 2.30. The molecular formula is C10H21NO. The average molecular weight is 171 g/mol. The molecule has 1 N–H and O–H groups in total. The molecule has 0 amide bonds. The van der Waals surface area contributed by atoms with Crippen LogP contribution in [-0.2, 0) is 4.74 Å². The molecule has 12 heavy (non-hydrogen) atoms. The van der Waals surface area contributed by atoms with E-state index in [4.69, 9.17) is 4.74 Å². The van der Waals surface area contributed by atoms with E-state index in [0.29, 0.717) is 6.04 Å². The van der Waals surface area contributed by atoms with Gasteiger partial charge >= 0.3 is 0 Å². The van der Waals surface area contributed by atoms with Gasteiger partial charge in [-0.1, -0.05) is 19.3 Å². The van der Waals surface area contributed by atoms with Gasteiger partial charge in [0.1, 0.15) is 0 Å². The third-order valence-corrected chi connectivity index (χ3v) is 2.77. The van der Waals surface area contributed by atoms with Crippen molar-refractivity contribution in [2.75, 3.05) is 20.3 Å². The second-order valence-electron chi connectivity index (χ2n) is 3.68. The second kappa shape index (κ2) is 5.55. The molecule has 0 aromatic heterocycles. The molecule has 1 aliphatic rings. The first-order valence-corrected chi connectivity index (χ1v) is 5.11. The third kappa shape index (κ3) is 3.11. The number of likely N-dealkylation sites (N-methyl/N-ethyl adjacent to an activating group) is 1. The average Bonchev–Trinajstić information content (AvgIpc) is 2.02. The fraction of sp³-hybridized carbons (Fsp3) is 1.00. The lowest BCUT2D eigenvalue weighted by atomic mass is 9.81. The van der Waals surface area contributed by atoms with Crippen LogP contribution in [0.3, 0.4) is 0 Å². The fourth-order valence-corrected chi connectivity index (χ4v) is 1.66. The number of rotatable bonds is 6. The van der Waals surface area contributed by atoms with Crippen LogP contribution in [-0.4, -0.2) is 26.3 Å². The minimum atomic E-state index is 0.579. The topological polar surface area (TPSA) is 21.3 Å². The SMILES string of the molecule is CCOCC(CC1CCC1)NC. The van der Waals surface area contributed by atoms with Crippen molar-refractivity contribution in [3.8, 4) is 0 Å². The lowest BCUT2D eigenvalue weighted by molar-refractivity contribution is 0.109. The van der Waals surface area contributed by atoms with Crippen LogP contribution in [0.2, 0.25) is 0 Å². The van der Waals surface area contributed by atoms with E-state index < -0.39 is 0 Å². The van der Waals surface area contributed by atoms with E-state index in [9.17, 15) is 0 Å². The summed E-state index contributed by atoms with van der Waals surface area (Å²) in [4.78, 5) is 0. The van der Waals surface area contributed by atoms with E-state index >= 15 is 0 Å². The summed E-state index contributed by atoms with van der Waals surface area (Å²) in [6.45, 7) is 3.77. The summed E-state index contributed by atoms with van der Waals surface area (Å²) in [7, 11) is 2.03. The van der Waals surface area contributed by atoms with Crippen molar-refractivity contribution in [2.45, 2.75) is 38.6 Å². The fourth-order valence-electron chi connectivity index (χ4n) is 1.66. The van der Waals surface area contributed by atoms with Crippen molar-refractivity contribution >= 4 is 0 Å². The summed E-state index contributed by atoms with van der Waals surface area (Å²) in [6, 6.07) is 0.579. The summed E-state index contributed by atoms with van der Waals surface area (Å²) in [5.74, 6) is 0.975. The van der Waals surface area contributed by atoms with Gasteiger partial charge in [-0.2, -0.15) is 0 Å². The molecule has 1 atom stereocenters. The number of ether oxygens (including phenoxy) is 1. The first-order valence-electron chi connectivity index (χ1n) is 5.11. The number of hydrogen-bond acceptors (Lipinski definition) is 2. The molecule has 1 unspecified atom stereocenters. The molecule has 2 heteroatoms. The maximum atomic E-state index is 5.39. The number of nitrogens with one attached hydrogen (secondary N) is 1. The van der Waals surface area contributed by atoms with Crippen molar-refractivity contribution in [3.63, 3.8) is 0 Å². The van der Waals surface area contributed by atoms with Crippen LogP contribution in [0.25, 0.3) is 0 Å². The van der Waals surface area contributed by atoms with Crippen LogP contribution in [0.1, 0.15) is 32.6 Å². The lowest BCUT2D eigenvalue weighted by Gasteiger charge is -2.29. The Morgan fingerprint density at radius 2 is 2.25 bits per heavy atom. The Balaban J connectivity index is 2.06. The first-order chi connectivity index (χ1) is 5.86. The van der Waals surface area contributed by atoms with Gasteiger partial charge in [0.25, 0.3) is 0 Å². The predicted molar refractivity (Wildman–Crippen MR) is 51.3 cm³/mol. The Labute approximate surface area is 75.7 Å². The molecule has 0 radical (unpaired) electrons. The third-order valence-electron chi connectivity index (χ3n) is 2.77. The summed E-state index contributed by atoms with van der Waals surface area (Å²) < 4.78 is 5.39. The minimum absolute atomic E-state index is 0.579. The quantitative estimate of drug-likeness (QED) is 0.658. The van der Waals surface area contributed by atoms with Gasteiger partial charge in [-0.15, -0.1) is 0 Å². The molecule has 0 heterocycles. The first kappa shape index (κ1) is 10.0. The van der Waals surface area contributed by atoms with Gasteiger partial charge in [-0.3, -0.25) is 0 Å². The molecule has 2 nitrogen and oxygen atoms in total. The van der Waals surface area contributed by atoms with E-state index in [0.717, 1.165) is 19.1 Å². The molecule has 0 bridgehead atoms. The predicted octanol–water partition coefficient (Wildman–Crippen LogP) is 1.80. The minimum Gasteiger partial charge on any atom is -0.380 e. The summed E-state index contributed by atoms with van der Waals surface area (Å²) in [5, 5.41) is 3.31. The van der Waals surface area contributed by atoms with Gasteiger partial charge in [-0.25, -0.2) is 0 Å².